The molecule has 0 aliphatic rings. The maximum absolute atomic E-state index is 12.3. The van der Waals surface area contributed by atoms with Gasteiger partial charge in [-0.05, 0) is 35.9 Å². The van der Waals surface area contributed by atoms with Crippen LogP contribution in [0.2, 0.25) is 10.0 Å². The lowest BCUT2D eigenvalue weighted by Gasteiger charge is -2.19. The molecule has 0 aliphatic carbocycles. The number of hydrogen-bond acceptors (Lipinski definition) is 2. The number of hydrogen-bond donors (Lipinski definition) is 0. The molecule has 2 aromatic rings. The van der Waals surface area contributed by atoms with Crippen LogP contribution in [-0.4, -0.2) is 25.0 Å². The van der Waals surface area contributed by atoms with Gasteiger partial charge in [-0.3, -0.25) is 4.79 Å². The minimum absolute atomic E-state index is 0.0179. The number of likely N-dealkylation sites (N-methyl/N-ethyl adjacent to an activating group) is 1. The summed E-state index contributed by atoms with van der Waals surface area (Å²) >= 11 is 11.9. The Labute approximate surface area is 140 Å². The van der Waals surface area contributed by atoms with Crippen LogP contribution in [0.25, 0.3) is 0 Å². The van der Waals surface area contributed by atoms with Gasteiger partial charge < -0.3 is 9.64 Å². The maximum atomic E-state index is 12.3. The molecular weight excluding hydrogens is 321 g/mol. The third-order valence-electron chi connectivity index (χ3n) is 3.34. The third-order valence-corrected chi connectivity index (χ3v) is 3.83. The second-order valence-corrected chi connectivity index (χ2v) is 5.88. The number of methoxy groups -OCH3 is 1. The van der Waals surface area contributed by atoms with Gasteiger partial charge in [0.2, 0.25) is 5.91 Å². The zero-order valence-corrected chi connectivity index (χ0v) is 14.0. The molecule has 0 aromatic heterocycles. The Kier molecular flexibility index (Phi) is 5.69. The van der Waals surface area contributed by atoms with E-state index in [1.54, 1.807) is 43.3 Å². The predicted octanol–water partition coefficient (Wildman–Crippen LogP) is 4.20. The molecule has 2 rings (SSSR count). The number of halogens is 2. The Morgan fingerprint density at radius 2 is 1.73 bits per heavy atom. The summed E-state index contributed by atoms with van der Waals surface area (Å²) in [5.74, 6) is 0.736. The average molecular weight is 338 g/mol. The molecule has 3 nitrogen and oxygen atoms in total. The number of ether oxygens (including phenoxy) is 1. The van der Waals surface area contributed by atoms with Crippen molar-refractivity contribution >= 4 is 29.1 Å². The van der Waals surface area contributed by atoms with Gasteiger partial charge in [0.05, 0.1) is 13.5 Å². The SMILES string of the molecule is COc1ccc(Cl)cc1CN(C)C(=O)Cc1ccc(Cl)cc1. The van der Waals surface area contributed by atoms with Crippen molar-refractivity contribution < 1.29 is 9.53 Å². The number of amides is 1. The fourth-order valence-electron chi connectivity index (χ4n) is 2.13. The average Bonchev–Trinajstić information content (AvgIpc) is 2.49. The standard InChI is InChI=1S/C17H17Cl2NO2/c1-20(11-13-10-15(19)7-8-16(13)22-2)17(21)9-12-3-5-14(18)6-4-12/h3-8,10H,9,11H2,1-2H3. The summed E-state index contributed by atoms with van der Waals surface area (Å²) in [4.78, 5) is 14.0. The minimum Gasteiger partial charge on any atom is -0.496 e. The van der Waals surface area contributed by atoms with Crippen molar-refractivity contribution in [1.82, 2.24) is 4.90 Å². The molecule has 2 aromatic carbocycles. The van der Waals surface area contributed by atoms with Gasteiger partial charge in [0.25, 0.3) is 0 Å². The Morgan fingerprint density at radius 3 is 2.36 bits per heavy atom. The molecule has 1 amide bonds. The van der Waals surface area contributed by atoms with Gasteiger partial charge in [-0.1, -0.05) is 35.3 Å². The van der Waals surface area contributed by atoms with E-state index in [0.717, 1.165) is 16.9 Å². The first-order valence-corrected chi connectivity index (χ1v) is 7.56. The quantitative estimate of drug-likeness (QED) is 0.818. The molecule has 0 saturated carbocycles. The minimum atomic E-state index is 0.0179. The van der Waals surface area contributed by atoms with Crippen LogP contribution in [0.5, 0.6) is 5.75 Å². The van der Waals surface area contributed by atoms with Crippen LogP contribution in [0.4, 0.5) is 0 Å². The Bertz CT molecular complexity index is 656. The van der Waals surface area contributed by atoms with Gasteiger partial charge in [-0.25, -0.2) is 0 Å². The van der Waals surface area contributed by atoms with E-state index in [1.807, 2.05) is 18.2 Å². The van der Waals surface area contributed by atoms with Crippen molar-refractivity contribution in [3.05, 3.63) is 63.6 Å². The summed E-state index contributed by atoms with van der Waals surface area (Å²) in [5, 5.41) is 1.28. The van der Waals surface area contributed by atoms with Crippen LogP contribution in [-0.2, 0) is 17.8 Å². The van der Waals surface area contributed by atoms with Gasteiger partial charge in [-0.2, -0.15) is 0 Å². The second kappa shape index (κ2) is 7.52. The van der Waals surface area contributed by atoms with Gasteiger partial charge >= 0.3 is 0 Å². The van der Waals surface area contributed by atoms with E-state index in [1.165, 1.54) is 0 Å². The highest BCUT2D eigenvalue weighted by Gasteiger charge is 2.13. The van der Waals surface area contributed by atoms with Crippen LogP contribution in [0, 0.1) is 0 Å². The van der Waals surface area contributed by atoms with E-state index in [2.05, 4.69) is 0 Å². The second-order valence-electron chi connectivity index (χ2n) is 5.01. The zero-order valence-electron chi connectivity index (χ0n) is 12.5. The summed E-state index contributed by atoms with van der Waals surface area (Å²) in [7, 11) is 3.36. The molecule has 0 radical (unpaired) electrons. The van der Waals surface area contributed by atoms with Crippen LogP contribution >= 0.6 is 23.2 Å². The van der Waals surface area contributed by atoms with Gasteiger partial charge in [-0.15, -0.1) is 0 Å². The highest BCUT2D eigenvalue weighted by Crippen LogP contribution is 2.24. The molecule has 0 heterocycles. The van der Waals surface area contributed by atoms with E-state index < -0.39 is 0 Å². The lowest BCUT2D eigenvalue weighted by Crippen LogP contribution is -2.27. The van der Waals surface area contributed by atoms with Crippen molar-refractivity contribution in [2.24, 2.45) is 0 Å². The number of carbonyl (C=O) groups excluding carboxylic acids is 1. The molecular formula is C17H17Cl2NO2. The lowest BCUT2D eigenvalue weighted by molar-refractivity contribution is -0.129. The molecule has 0 bridgehead atoms. The molecule has 0 saturated heterocycles. The molecule has 22 heavy (non-hydrogen) atoms. The predicted molar refractivity (Wildman–Crippen MR) is 89.6 cm³/mol. The van der Waals surface area contributed by atoms with Crippen LogP contribution < -0.4 is 4.74 Å². The first-order valence-electron chi connectivity index (χ1n) is 6.80. The van der Waals surface area contributed by atoms with Crippen molar-refractivity contribution in [2.75, 3.05) is 14.2 Å². The summed E-state index contributed by atoms with van der Waals surface area (Å²) in [5.41, 5.74) is 1.81. The summed E-state index contributed by atoms with van der Waals surface area (Å²) in [6.07, 6.45) is 0.330. The highest BCUT2D eigenvalue weighted by molar-refractivity contribution is 6.30. The highest BCUT2D eigenvalue weighted by atomic mass is 35.5. The Balaban J connectivity index is 2.05. The van der Waals surface area contributed by atoms with E-state index in [4.69, 9.17) is 27.9 Å². The normalized spacial score (nSPS) is 10.4. The molecule has 5 heteroatoms. The summed E-state index contributed by atoms with van der Waals surface area (Å²) in [6, 6.07) is 12.7. The van der Waals surface area contributed by atoms with Gasteiger partial charge in [0, 0.05) is 29.2 Å². The third kappa shape index (κ3) is 4.39. The Morgan fingerprint density at radius 1 is 1.09 bits per heavy atom. The molecule has 0 aliphatic heterocycles. The lowest BCUT2D eigenvalue weighted by atomic mass is 10.1. The van der Waals surface area contributed by atoms with Crippen LogP contribution in [0.3, 0.4) is 0 Å². The molecule has 0 unspecified atom stereocenters. The van der Waals surface area contributed by atoms with Gasteiger partial charge in [0.15, 0.2) is 0 Å². The topological polar surface area (TPSA) is 29.5 Å². The monoisotopic (exact) mass is 337 g/mol. The maximum Gasteiger partial charge on any atom is 0.227 e. The molecule has 0 spiro atoms. The van der Waals surface area contributed by atoms with Crippen LogP contribution in [0.15, 0.2) is 42.5 Å². The largest absolute Gasteiger partial charge is 0.496 e. The number of nitrogens with zero attached hydrogens (tertiary/aromatic N) is 1. The van der Waals surface area contributed by atoms with Crippen molar-refractivity contribution in [3.63, 3.8) is 0 Å². The number of rotatable bonds is 5. The van der Waals surface area contributed by atoms with Gasteiger partial charge in [0.1, 0.15) is 5.75 Å². The number of benzene rings is 2. The smallest absolute Gasteiger partial charge is 0.227 e. The molecule has 0 N–H and O–H groups in total. The summed E-state index contributed by atoms with van der Waals surface area (Å²) in [6.45, 7) is 0.441. The molecule has 116 valence electrons. The Hall–Kier alpha value is -1.71. The number of carbonyl (C=O) groups is 1. The first kappa shape index (κ1) is 16.7. The van der Waals surface area contributed by atoms with E-state index >= 15 is 0 Å². The summed E-state index contributed by atoms with van der Waals surface area (Å²) < 4.78 is 5.30. The van der Waals surface area contributed by atoms with Crippen molar-refractivity contribution in [1.29, 1.82) is 0 Å². The first-order chi connectivity index (χ1) is 10.5. The fraction of sp³-hybridized carbons (Fsp3) is 0.235. The van der Waals surface area contributed by atoms with Crippen molar-refractivity contribution in [2.45, 2.75) is 13.0 Å². The molecule has 0 atom stereocenters. The van der Waals surface area contributed by atoms with E-state index in [-0.39, 0.29) is 5.91 Å². The van der Waals surface area contributed by atoms with E-state index in [0.29, 0.717) is 23.0 Å². The molecule has 0 fully saturated rings. The van der Waals surface area contributed by atoms with Crippen LogP contribution in [0.1, 0.15) is 11.1 Å². The zero-order chi connectivity index (χ0) is 16.1. The fourth-order valence-corrected chi connectivity index (χ4v) is 2.45. The van der Waals surface area contributed by atoms with Crippen molar-refractivity contribution in [3.8, 4) is 5.75 Å². The van der Waals surface area contributed by atoms with E-state index in [9.17, 15) is 4.79 Å².